The molecule has 1 aliphatic rings. The first kappa shape index (κ1) is 18.2. The van der Waals surface area contributed by atoms with Gasteiger partial charge in [0.15, 0.2) is 0 Å². The molecule has 0 aliphatic carbocycles. The van der Waals surface area contributed by atoms with Gasteiger partial charge in [0.1, 0.15) is 0 Å². The van der Waals surface area contributed by atoms with Crippen molar-refractivity contribution in [2.75, 3.05) is 10.6 Å². The first-order valence-corrected chi connectivity index (χ1v) is 6.89. The van der Waals surface area contributed by atoms with Crippen LogP contribution in [0.5, 0.6) is 0 Å². The van der Waals surface area contributed by atoms with Gasteiger partial charge in [-0.3, -0.25) is 0 Å². The number of anilines is 2. The Morgan fingerprint density at radius 1 is 0.824 bits per heavy atom. The van der Waals surface area contributed by atoms with Crippen molar-refractivity contribution in [1.82, 2.24) is 0 Å². The fraction of sp³-hybridized carbons (Fsp3) is 0.600. The highest BCUT2D eigenvalue weighted by Crippen LogP contribution is 2.28. The second-order valence-corrected chi connectivity index (χ2v) is 3.06. The van der Waals surface area contributed by atoms with Gasteiger partial charge >= 0.3 is 0 Å². The summed E-state index contributed by atoms with van der Waals surface area (Å²) in [5.74, 6) is 0. The Hall–Kier alpha value is -1.18. The lowest BCUT2D eigenvalue weighted by Crippen LogP contribution is -2.16. The van der Waals surface area contributed by atoms with Gasteiger partial charge in [-0.2, -0.15) is 0 Å². The van der Waals surface area contributed by atoms with Crippen LogP contribution in [0.15, 0.2) is 18.2 Å². The van der Waals surface area contributed by atoms with Crippen LogP contribution < -0.4 is 10.6 Å². The number of fused-ring (bicyclic) bond motifs is 1. The molecule has 2 N–H and O–H groups in total. The maximum Gasteiger partial charge on any atom is 0.0935 e. The maximum atomic E-state index is 3.33. The zero-order chi connectivity index (χ0) is 13.8. The Kier molecular flexibility index (Phi) is 12.1. The summed E-state index contributed by atoms with van der Waals surface area (Å²) in [6.07, 6.45) is 0.367. The van der Waals surface area contributed by atoms with Crippen LogP contribution in [-0.4, -0.2) is 6.17 Å². The minimum atomic E-state index is 0.367. The van der Waals surface area contributed by atoms with Crippen molar-refractivity contribution in [1.29, 1.82) is 0 Å². The highest BCUT2D eigenvalue weighted by molar-refractivity contribution is 5.74. The largest absolute Gasteiger partial charge is 0.364 e. The molecular formula is C15H30N2. The number of nitrogens with one attached hydrogen (secondary N) is 2. The van der Waals surface area contributed by atoms with Gasteiger partial charge in [0.25, 0.3) is 0 Å². The molecule has 2 nitrogen and oxygen atoms in total. The predicted octanol–water partition coefficient (Wildman–Crippen LogP) is 5.26. The summed E-state index contributed by atoms with van der Waals surface area (Å²) >= 11 is 0. The molecule has 1 unspecified atom stereocenters. The van der Waals surface area contributed by atoms with Crippen molar-refractivity contribution < 1.29 is 0 Å². The summed E-state index contributed by atoms with van der Waals surface area (Å²) in [5.41, 5.74) is 3.73. The Labute approximate surface area is 108 Å². The monoisotopic (exact) mass is 238 g/mol. The van der Waals surface area contributed by atoms with Gasteiger partial charge in [-0.05, 0) is 31.5 Å². The van der Waals surface area contributed by atoms with Crippen molar-refractivity contribution in [3.8, 4) is 0 Å². The molecule has 2 heteroatoms. The molecule has 0 saturated heterocycles. The van der Waals surface area contributed by atoms with Crippen LogP contribution in [0.2, 0.25) is 0 Å². The number of hydrogen-bond donors (Lipinski definition) is 2. The lowest BCUT2D eigenvalue weighted by molar-refractivity contribution is 0.956. The average molecular weight is 238 g/mol. The van der Waals surface area contributed by atoms with E-state index in [1.807, 2.05) is 41.5 Å². The van der Waals surface area contributed by atoms with Gasteiger partial charge in [0.2, 0.25) is 0 Å². The normalized spacial score (nSPS) is 14.2. The van der Waals surface area contributed by atoms with Gasteiger partial charge in [0.05, 0.1) is 17.5 Å². The van der Waals surface area contributed by atoms with E-state index in [9.17, 15) is 0 Å². The highest BCUT2D eigenvalue weighted by Gasteiger charge is 2.13. The van der Waals surface area contributed by atoms with Gasteiger partial charge < -0.3 is 10.6 Å². The molecule has 1 heterocycles. The van der Waals surface area contributed by atoms with E-state index in [1.165, 1.54) is 16.9 Å². The van der Waals surface area contributed by atoms with Gasteiger partial charge in [-0.15, -0.1) is 0 Å². The average Bonchev–Trinajstić information content (AvgIpc) is 2.76. The van der Waals surface area contributed by atoms with E-state index < -0.39 is 0 Å². The summed E-state index contributed by atoms with van der Waals surface area (Å²) < 4.78 is 0. The number of benzene rings is 1. The number of hydrogen-bond acceptors (Lipinski definition) is 2. The van der Waals surface area contributed by atoms with Crippen LogP contribution in [0.1, 0.15) is 54.0 Å². The molecule has 1 aromatic rings. The lowest BCUT2D eigenvalue weighted by atomic mass is 10.2. The molecule has 0 spiro atoms. The molecule has 0 radical (unpaired) electrons. The van der Waals surface area contributed by atoms with Crippen LogP contribution in [-0.2, 0) is 0 Å². The molecule has 1 aromatic carbocycles. The molecule has 0 aromatic heterocycles. The molecule has 0 fully saturated rings. The summed E-state index contributed by atoms with van der Waals surface area (Å²) in [6.45, 7) is 16.2. The molecule has 2 rings (SSSR count). The second-order valence-electron chi connectivity index (χ2n) is 3.06. The van der Waals surface area contributed by atoms with Crippen molar-refractivity contribution >= 4 is 11.4 Å². The Morgan fingerprint density at radius 3 is 1.82 bits per heavy atom. The summed E-state index contributed by atoms with van der Waals surface area (Å²) in [6, 6.07) is 6.39. The van der Waals surface area contributed by atoms with E-state index >= 15 is 0 Å². The lowest BCUT2D eigenvalue weighted by Gasteiger charge is -2.01. The van der Waals surface area contributed by atoms with E-state index in [2.05, 4.69) is 42.7 Å². The van der Waals surface area contributed by atoms with Gasteiger partial charge in [-0.1, -0.05) is 47.6 Å². The summed E-state index contributed by atoms with van der Waals surface area (Å²) in [5, 5.41) is 6.64. The fourth-order valence-corrected chi connectivity index (χ4v) is 1.41. The summed E-state index contributed by atoms with van der Waals surface area (Å²) in [7, 11) is 0. The van der Waals surface area contributed by atoms with E-state index in [0.717, 1.165) is 0 Å². The van der Waals surface area contributed by atoms with Crippen LogP contribution in [0.3, 0.4) is 0 Å². The van der Waals surface area contributed by atoms with Crippen LogP contribution in [0.25, 0.3) is 0 Å². The number of aryl methyl sites for hydroxylation is 1. The van der Waals surface area contributed by atoms with Crippen LogP contribution in [0, 0.1) is 6.92 Å². The van der Waals surface area contributed by atoms with Crippen molar-refractivity contribution in [2.45, 2.75) is 61.6 Å². The molecule has 0 amide bonds. The minimum absolute atomic E-state index is 0.367. The first-order chi connectivity index (χ1) is 8.25. The van der Waals surface area contributed by atoms with Gasteiger partial charge in [0, 0.05) is 0 Å². The molecule has 1 atom stereocenters. The first-order valence-electron chi connectivity index (χ1n) is 6.89. The number of rotatable bonds is 0. The molecule has 0 bridgehead atoms. The third-order valence-electron chi connectivity index (χ3n) is 1.92. The molecular weight excluding hydrogens is 208 g/mol. The van der Waals surface area contributed by atoms with Crippen molar-refractivity contribution in [3.05, 3.63) is 23.8 Å². The zero-order valence-corrected chi connectivity index (χ0v) is 12.8. The summed E-state index contributed by atoms with van der Waals surface area (Å²) in [4.78, 5) is 0. The Balaban J connectivity index is 0. The highest BCUT2D eigenvalue weighted by atomic mass is 15.2. The molecule has 17 heavy (non-hydrogen) atoms. The van der Waals surface area contributed by atoms with E-state index in [0.29, 0.717) is 6.17 Å². The standard InChI is InChI=1S/C9H12N2.3C2H6/c1-6-3-4-8-9(5-6)11-7(2)10-8;3*1-2/h3-5,7,10-11H,1-2H3;3*1-2H3. The zero-order valence-electron chi connectivity index (χ0n) is 12.8. The topological polar surface area (TPSA) is 24.1 Å². The van der Waals surface area contributed by atoms with Crippen molar-refractivity contribution in [3.63, 3.8) is 0 Å². The predicted molar refractivity (Wildman–Crippen MR) is 81.9 cm³/mol. The van der Waals surface area contributed by atoms with Crippen molar-refractivity contribution in [2.24, 2.45) is 0 Å². The van der Waals surface area contributed by atoms with E-state index in [1.54, 1.807) is 0 Å². The van der Waals surface area contributed by atoms with Gasteiger partial charge in [-0.25, -0.2) is 0 Å². The SMILES string of the molecule is CC.CC.CC.Cc1ccc2c(c1)NC(C)N2. The van der Waals surface area contributed by atoms with E-state index in [-0.39, 0.29) is 0 Å². The molecule has 100 valence electrons. The fourth-order valence-electron chi connectivity index (χ4n) is 1.41. The molecule has 1 aliphatic heterocycles. The van der Waals surface area contributed by atoms with E-state index in [4.69, 9.17) is 0 Å². The Bertz CT molecular complexity index is 282. The smallest absolute Gasteiger partial charge is 0.0935 e. The third kappa shape index (κ3) is 6.20. The molecule has 0 saturated carbocycles. The third-order valence-corrected chi connectivity index (χ3v) is 1.92. The van der Waals surface area contributed by atoms with Crippen LogP contribution in [0.4, 0.5) is 11.4 Å². The van der Waals surface area contributed by atoms with Crippen LogP contribution >= 0.6 is 0 Å². The minimum Gasteiger partial charge on any atom is -0.364 e. The second kappa shape index (κ2) is 11.3. The maximum absolute atomic E-state index is 3.33. The Morgan fingerprint density at radius 2 is 1.29 bits per heavy atom. The quantitative estimate of drug-likeness (QED) is 0.644.